The van der Waals surface area contributed by atoms with Gasteiger partial charge in [0.1, 0.15) is 0 Å². The minimum absolute atomic E-state index is 0.154. The third kappa shape index (κ3) is 3.45. The Balaban J connectivity index is 2.01. The van der Waals surface area contributed by atoms with Crippen LogP contribution in [0.2, 0.25) is 5.02 Å². The summed E-state index contributed by atoms with van der Waals surface area (Å²) in [5.74, 6) is 0.754. The van der Waals surface area contributed by atoms with E-state index in [9.17, 15) is 8.42 Å². The molecule has 0 spiro atoms. The molecule has 0 fully saturated rings. The maximum atomic E-state index is 11.7. The molecule has 2 heterocycles. The molecule has 126 valence electrons. The summed E-state index contributed by atoms with van der Waals surface area (Å²) >= 11 is 7.88. The number of aryl methyl sites for hydroxylation is 2. The molecule has 7 heteroatoms. The van der Waals surface area contributed by atoms with E-state index in [1.54, 1.807) is 30.0 Å². The molecule has 0 atom stereocenters. The Labute approximate surface area is 151 Å². The number of nitrogens with zero attached hydrogens (tertiary/aromatic N) is 2. The first-order chi connectivity index (χ1) is 11.3. The maximum absolute atomic E-state index is 11.7. The van der Waals surface area contributed by atoms with Gasteiger partial charge < -0.3 is 4.90 Å². The fourth-order valence-electron chi connectivity index (χ4n) is 2.70. The molecule has 0 radical (unpaired) electrons. The number of anilines is 1. The SMILES string of the molecule is Cc1cc(C2=CSCN2c2ccc(S(C)(=O)=O)c(Cl)c2)cc(C)n1. The summed E-state index contributed by atoms with van der Waals surface area (Å²) in [6.07, 6.45) is 1.16. The molecular formula is C17H17ClN2O2S2. The van der Waals surface area contributed by atoms with Gasteiger partial charge in [0.15, 0.2) is 9.84 Å². The van der Waals surface area contributed by atoms with Crippen LogP contribution in [-0.2, 0) is 9.84 Å². The fraction of sp³-hybridized carbons (Fsp3) is 0.235. The topological polar surface area (TPSA) is 50.3 Å². The summed E-state index contributed by atoms with van der Waals surface area (Å²) in [7, 11) is -3.33. The molecule has 0 aliphatic carbocycles. The van der Waals surface area contributed by atoms with Crippen molar-refractivity contribution >= 4 is 44.6 Å². The average Bonchev–Trinajstić information content (AvgIpc) is 2.94. The van der Waals surface area contributed by atoms with Crippen LogP contribution in [0.25, 0.3) is 5.70 Å². The van der Waals surface area contributed by atoms with Crippen LogP contribution in [0.15, 0.2) is 40.6 Å². The third-order valence-corrected chi connectivity index (χ3v) is 6.07. The van der Waals surface area contributed by atoms with Gasteiger partial charge in [-0.05, 0) is 49.6 Å². The molecule has 0 saturated heterocycles. The largest absolute Gasteiger partial charge is 0.330 e. The van der Waals surface area contributed by atoms with Gasteiger partial charge in [-0.3, -0.25) is 4.98 Å². The van der Waals surface area contributed by atoms with E-state index >= 15 is 0 Å². The van der Waals surface area contributed by atoms with Crippen LogP contribution in [0.4, 0.5) is 5.69 Å². The van der Waals surface area contributed by atoms with Crippen molar-refractivity contribution in [3.8, 4) is 0 Å². The number of aromatic nitrogens is 1. The van der Waals surface area contributed by atoms with Crippen LogP contribution in [-0.4, -0.2) is 25.5 Å². The van der Waals surface area contributed by atoms with Gasteiger partial charge in [-0.2, -0.15) is 0 Å². The van der Waals surface area contributed by atoms with Gasteiger partial charge in [0.25, 0.3) is 0 Å². The van der Waals surface area contributed by atoms with Gasteiger partial charge in [0.2, 0.25) is 0 Å². The van der Waals surface area contributed by atoms with E-state index in [4.69, 9.17) is 11.6 Å². The van der Waals surface area contributed by atoms with Crippen LogP contribution in [0.5, 0.6) is 0 Å². The normalized spacial score (nSPS) is 14.8. The second-order valence-electron chi connectivity index (χ2n) is 5.75. The zero-order chi connectivity index (χ0) is 17.5. The maximum Gasteiger partial charge on any atom is 0.176 e. The summed E-state index contributed by atoms with van der Waals surface area (Å²) in [6.45, 7) is 3.95. The number of pyridine rings is 1. The van der Waals surface area contributed by atoms with Crippen LogP contribution in [0, 0.1) is 13.8 Å². The zero-order valence-corrected chi connectivity index (χ0v) is 16.0. The van der Waals surface area contributed by atoms with E-state index in [-0.39, 0.29) is 9.92 Å². The van der Waals surface area contributed by atoms with Crippen LogP contribution in [0.3, 0.4) is 0 Å². The number of sulfone groups is 1. The molecule has 2 aromatic rings. The second-order valence-corrected chi connectivity index (χ2v) is 8.97. The van der Waals surface area contributed by atoms with Crippen LogP contribution in [0.1, 0.15) is 17.0 Å². The van der Waals surface area contributed by atoms with E-state index in [0.29, 0.717) is 0 Å². The Morgan fingerprint density at radius 1 is 1.17 bits per heavy atom. The summed E-state index contributed by atoms with van der Waals surface area (Å²) in [6, 6.07) is 9.16. The first-order valence-corrected chi connectivity index (χ1v) is 10.6. The highest BCUT2D eigenvalue weighted by atomic mass is 35.5. The van der Waals surface area contributed by atoms with E-state index in [2.05, 4.69) is 15.3 Å². The molecule has 0 amide bonds. The molecule has 1 aromatic heterocycles. The number of thioether (sulfide) groups is 1. The Kier molecular flexibility index (Phi) is 4.64. The van der Waals surface area contributed by atoms with Crippen LogP contribution < -0.4 is 4.90 Å². The number of hydrogen-bond acceptors (Lipinski definition) is 5. The highest BCUT2D eigenvalue weighted by molar-refractivity contribution is 8.02. The standard InChI is InChI=1S/C17H17ClN2O2S2/c1-11-6-13(7-12(2)19-11)16-9-23-10-20(16)14-4-5-17(15(18)8-14)24(3,21)22/h4-9H,10H2,1-3H3. The number of benzene rings is 1. The van der Waals surface area contributed by atoms with Crippen molar-refractivity contribution in [1.82, 2.24) is 4.98 Å². The Bertz CT molecular complexity index is 919. The summed E-state index contributed by atoms with van der Waals surface area (Å²) in [5, 5.41) is 2.35. The highest BCUT2D eigenvalue weighted by Crippen LogP contribution is 2.37. The summed E-state index contributed by atoms with van der Waals surface area (Å²) < 4.78 is 23.5. The minimum atomic E-state index is -3.33. The lowest BCUT2D eigenvalue weighted by molar-refractivity contribution is 0.602. The molecule has 0 N–H and O–H groups in total. The van der Waals surface area contributed by atoms with E-state index < -0.39 is 9.84 Å². The lowest BCUT2D eigenvalue weighted by atomic mass is 10.1. The number of halogens is 1. The van der Waals surface area contributed by atoms with Gasteiger partial charge in [-0.25, -0.2) is 8.42 Å². The van der Waals surface area contributed by atoms with Gasteiger partial charge >= 0.3 is 0 Å². The molecule has 1 aromatic carbocycles. The van der Waals surface area contributed by atoms with Crippen molar-refractivity contribution in [3.05, 3.63) is 57.7 Å². The van der Waals surface area contributed by atoms with E-state index in [0.717, 1.165) is 40.5 Å². The van der Waals surface area contributed by atoms with Crippen molar-refractivity contribution in [1.29, 1.82) is 0 Å². The van der Waals surface area contributed by atoms with Gasteiger partial charge in [-0.15, -0.1) is 11.8 Å². The number of rotatable bonds is 3. The van der Waals surface area contributed by atoms with Gasteiger partial charge in [-0.1, -0.05) is 11.6 Å². The number of hydrogen-bond donors (Lipinski definition) is 0. The molecule has 1 aliphatic rings. The minimum Gasteiger partial charge on any atom is -0.330 e. The van der Waals surface area contributed by atoms with E-state index in [1.807, 2.05) is 26.0 Å². The zero-order valence-electron chi connectivity index (χ0n) is 13.6. The first kappa shape index (κ1) is 17.3. The smallest absolute Gasteiger partial charge is 0.176 e. The first-order valence-electron chi connectivity index (χ1n) is 7.30. The monoisotopic (exact) mass is 380 g/mol. The van der Waals surface area contributed by atoms with Crippen molar-refractivity contribution in [2.75, 3.05) is 17.0 Å². The fourth-order valence-corrected chi connectivity index (χ4v) is 4.96. The van der Waals surface area contributed by atoms with Gasteiger partial charge in [0, 0.05) is 28.9 Å². The van der Waals surface area contributed by atoms with Crippen molar-refractivity contribution < 1.29 is 8.42 Å². The van der Waals surface area contributed by atoms with Crippen molar-refractivity contribution in [2.45, 2.75) is 18.7 Å². The Hall–Kier alpha value is -1.50. The molecule has 0 bridgehead atoms. The molecule has 4 nitrogen and oxygen atoms in total. The molecule has 0 saturated carbocycles. The molecular weight excluding hydrogens is 364 g/mol. The van der Waals surface area contributed by atoms with Crippen molar-refractivity contribution in [3.63, 3.8) is 0 Å². The Morgan fingerprint density at radius 3 is 2.42 bits per heavy atom. The molecule has 1 aliphatic heterocycles. The predicted octanol–water partition coefficient (Wildman–Crippen LogP) is 4.26. The molecule has 24 heavy (non-hydrogen) atoms. The Morgan fingerprint density at radius 2 is 1.83 bits per heavy atom. The average molecular weight is 381 g/mol. The predicted molar refractivity (Wildman–Crippen MR) is 101 cm³/mol. The highest BCUT2D eigenvalue weighted by Gasteiger charge is 2.21. The quantitative estimate of drug-likeness (QED) is 0.796. The molecule has 0 unspecified atom stereocenters. The van der Waals surface area contributed by atoms with Crippen molar-refractivity contribution in [2.24, 2.45) is 0 Å². The lowest BCUT2D eigenvalue weighted by Crippen LogP contribution is -2.17. The summed E-state index contributed by atoms with van der Waals surface area (Å²) in [5.41, 5.74) is 4.96. The third-order valence-electron chi connectivity index (χ3n) is 3.69. The lowest BCUT2D eigenvalue weighted by Gasteiger charge is -2.23. The van der Waals surface area contributed by atoms with E-state index in [1.165, 1.54) is 0 Å². The second kappa shape index (κ2) is 6.43. The molecule has 3 rings (SSSR count). The summed E-state index contributed by atoms with van der Waals surface area (Å²) in [4.78, 5) is 6.69. The van der Waals surface area contributed by atoms with Crippen LogP contribution >= 0.6 is 23.4 Å². The van der Waals surface area contributed by atoms with Gasteiger partial charge in [0.05, 0.1) is 21.5 Å².